The highest BCUT2D eigenvalue weighted by atomic mass is 79.9. The second-order valence-corrected chi connectivity index (χ2v) is 12.5. The molecule has 2 N–H and O–H groups in total. The van der Waals surface area contributed by atoms with Crippen LogP contribution in [-0.2, 0) is 14.4 Å². The van der Waals surface area contributed by atoms with E-state index in [2.05, 4.69) is 26.6 Å². The van der Waals surface area contributed by atoms with Crippen LogP contribution in [-0.4, -0.2) is 28.9 Å². The van der Waals surface area contributed by atoms with Gasteiger partial charge in [0.15, 0.2) is 0 Å². The third-order valence-electron chi connectivity index (χ3n) is 6.43. The largest absolute Gasteiger partial charge is 0.321 e. The minimum atomic E-state index is -0.790. The van der Waals surface area contributed by atoms with E-state index in [-0.39, 0.29) is 28.6 Å². The molecule has 4 aromatic carbocycles. The van der Waals surface area contributed by atoms with E-state index in [0.29, 0.717) is 26.9 Å². The summed E-state index contributed by atoms with van der Waals surface area (Å²) in [6.07, 6.45) is 1.45. The molecule has 0 radical (unpaired) electrons. The van der Waals surface area contributed by atoms with Gasteiger partial charge in [0.2, 0.25) is 11.8 Å². The van der Waals surface area contributed by atoms with E-state index < -0.39 is 28.8 Å². The third kappa shape index (κ3) is 7.39. The Balaban J connectivity index is 1.33. The highest BCUT2D eigenvalue weighted by Gasteiger charge is 2.40. The van der Waals surface area contributed by atoms with Gasteiger partial charge in [0, 0.05) is 21.5 Å². The summed E-state index contributed by atoms with van der Waals surface area (Å²) in [4.78, 5) is 53.9. The van der Waals surface area contributed by atoms with Crippen LogP contribution < -0.4 is 15.5 Å². The number of carbonyl (C=O) groups is 4. The molecule has 1 unspecified atom stereocenters. The number of nitrogens with one attached hydrogen (secondary N) is 2. The summed E-state index contributed by atoms with van der Waals surface area (Å²) < 4.78 is 15.1. The van der Waals surface area contributed by atoms with Crippen LogP contribution in [0.5, 0.6) is 0 Å². The fraction of sp³-hybridized carbons (Fsp3) is 0.0625. The lowest BCUT2D eigenvalue weighted by Gasteiger charge is -2.16. The number of benzene rings is 4. The Hall–Kier alpha value is -3.96. The van der Waals surface area contributed by atoms with Crippen molar-refractivity contribution in [2.24, 2.45) is 0 Å². The molecule has 12 heteroatoms. The van der Waals surface area contributed by atoms with E-state index in [1.807, 2.05) is 0 Å². The Labute approximate surface area is 274 Å². The minimum Gasteiger partial charge on any atom is -0.321 e. The van der Waals surface area contributed by atoms with Crippen molar-refractivity contribution in [2.75, 3.05) is 10.2 Å². The van der Waals surface area contributed by atoms with Gasteiger partial charge in [-0.2, -0.15) is 0 Å². The maximum absolute atomic E-state index is 14.3. The van der Waals surface area contributed by atoms with Gasteiger partial charge in [-0.3, -0.25) is 19.2 Å². The molecule has 44 heavy (non-hydrogen) atoms. The first kappa shape index (κ1) is 31.5. The highest BCUT2D eigenvalue weighted by Crippen LogP contribution is 2.36. The summed E-state index contributed by atoms with van der Waals surface area (Å²) in [6, 6.07) is 23.8. The molecule has 5 rings (SSSR count). The summed E-state index contributed by atoms with van der Waals surface area (Å²) in [7, 11) is 0. The van der Waals surface area contributed by atoms with Crippen molar-refractivity contribution >= 4 is 92.0 Å². The Morgan fingerprint density at radius 3 is 2.41 bits per heavy atom. The molecule has 1 aliphatic rings. The molecule has 222 valence electrons. The molecule has 1 saturated heterocycles. The second-order valence-electron chi connectivity index (χ2n) is 9.50. The van der Waals surface area contributed by atoms with E-state index >= 15 is 0 Å². The Bertz CT molecular complexity index is 1820. The van der Waals surface area contributed by atoms with Crippen LogP contribution in [0, 0.1) is 5.82 Å². The average molecular weight is 713 g/mol. The van der Waals surface area contributed by atoms with E-state index in [4.69, 9.17) is 23.2 Å². The first-order valence-electron chi connectivity index (χ1n) is 13.0. The summed E-state index contributed by atoms with van der Waals surface area (Å²) in [5.74, 6) is -2.94. The molecular weight excluding hydrogens is 692 g/mol. The number of carbonyl (C=O) groups excluding carboxylic acids is 4. The van der Waals surface area contributed by atoms with Gasteiger partial charge in [0.25, 0.3) is 11.8 Å². The lowest BCUT2D eigenvalue weighted by molar-refractivity contribution is -0.121. The van der Waals surface area contributed by atoms with Crippen LogP contribution in [0.25, 0.3) is 6.08 Å². The topological polar surface area (TPSA) is 95.6 Å². The number of nitrogens with zero attached hydrogens (tertiary/aromatic N) is 1. The number of halogens is 4. The smallest absolute Gasteiger partial charge is 0.272 e. The average Bonchev–Trinajstić information content (AvgIpc) is 3.27. The number of amides is 4. The zero-order chi connectivity index (χ0) is 31.4. The lowest BCUT2D eigenvalue weighted by atomic mass is 10.1. The van der Waals surface area contributed by atoms with E-state index in [9.17, 15) is 23.6 Å². The van der Waals surface area contributed by atoms with Crippen molar-refractivity contribution in [3.8, 4) is 0 Å². The normalized spacial score (nSPS) is 15.0. The first-order valence-corrected chi connectivity index (χ1v) is 15.4. The summed E-state index contributed by atoms with van der Waals surface area (Å²) >= 11 is 16.6. The third-order valence-corrected chi connectivity index (χ3v) is 8.88. The molecule has 0 aromatic heterocycles. The maximum Gasteiger partial charge on any atom is 0.272 e. The van der Waals surface area contributed by atoms with E-state index in [1.165, 1.54) is 48.2 Å². The van der Waals surface area contributed by atoms with Gasteiger partial charge >= 0.3 is 0 Å². The fourth-order valence-electron chi connectivity index (χ4n) is 4.32. The van der Waals surface area contributed by atoms with Crippen molar-refractivity contribution in [1.29, 1.82) is 0 Å². The van der Waals surface area contributed by atoms with Gasteiger partial charge < -0.3 is 10.6 Å². The molecule has 0 bridgehead atoms. The van der Waals surface area contributed by atoms with Crippen LogP contribution in [0.15, 0.2) is 106 Å². The monoisotopic (exact) mass is 711 g/mol. The molecule has 0 saturated carbocycles. The molecule has 0 spiro atoms. The SMILES string of the molecule is O=C(Nc1cccc(SC2CC(=O)N(c3ccc(Cl)c(Cl)c3)C2=O)c1)C(=Cc1ccc(Br)cc1)NC(=O)c1ccccc1F. The van der Waals surface area contributed by atoms with Gasteiger partial charge in [-0.15, -0.1) is 11.8 Å². The summed E-state index contributed by atoms with van der Waals surface area (Å²) in [6.45, 7) is 0. The molecule has 1 fully saturated rings. The van der Waals surface area contributed by atoms with Crippen molar-refractivity contribution in [3.05, 3.63) is 128 Å². The van der Waals surface area contributed by atoms with Crippen molar-refractivity contribution in [2.45, 2.75) is 16.6 Å². The van der Waals surface area contributed by atoms with Gasteiger partial charge in [0.05, 0.1) is 26.5 Å². The minimum absolute atomic E-state index is 0.0253. The van der Waals surface area contributed by atoms with Gasteiger partial charge in [-0.1, -0.05) is 69.5 Å². The Morgan fingerprint density at radius 1 is 0.932 bits per heavy atom. The number of hydrogen-bond donors (Lipinski definition) is 2. The maximum atomic E-state index is 14.3. The van der Waals surface area contributed by atoms with Crippen LogP contribution in [0.4, 0.5) is 15.8 Å². The van der Waals surface area contributed by atoms with Crippen molar-refractivity contribution in [3.63, 3.8) is 0 Å². The van der Waals surface area contributed by atoms with E-state index in [0.717, 1.165) is 15.4 Å². The van der Waals surface area contributed by atoms with Gasteiger partial charge in [-0.25, -0.2) is 9.29 Å². The molecule has 4 amide bonds. The van der Waals surface area contributed by atoms with Crippen LogP contribution >= 0.6 is 50.9 Å². The molecule has 7 nitrogen and oxygen atoms in total. The predicted molar refractivity (Wildman–Crippen MR) is 174 cm³/mol. The Morgan fingerprint density at radius 2 is 1.68 bits per heavy atom. The quantitative estimate of drug-likeness (QED) is 0.144. The molecule has 1 aliphatic heterocycles. The number of rotatable bonds is 8. The standard InChI is InChI=1S/C32H21BrCl2FN3O4S/c33-19-10-8-18(9-11-19)14-27(38-30(41)23-6-1-2-7-26(23)36)31(42)37-20-4-3-5-22(15-20)44-28-17-29(40)39(32(28)43)21-12-13-24(34)25(35)16-21/h1-16,28H,17H2,(H,37,42)(H,38,41). The summed E-state index contributed by atoms with van der Waals surface area (Å²) in [5.41, 5.74) is 0.993. The van der Waals surface area contributed by atoms with Crippen LogP contribution in [0.3, 0.4) is 0 Å². The van der Waals surface area contributed by atoms with Crippen LogP contribution in [0.1, 0.15) is 22.3 Å². The predicted octanol–water partition coefficient (Wildman–Crippen LogP) is 7.73. The molecule has 1 atom stereocenters. The van der Waals surface area contributed by atoms with E-state index in [1.54, 1.807) is 54.6 Å². The molecule has 4 aromatic rings. The molecular formula is C32H21BrCl2FN3O4S. The molecule has 0 aliphatic carbocycles. The fourth-order valence-corrected chi connectivity index (χ4v) is 5.99. The first-order chi connectivity index (χ1) is 21.1. The number of hydrogen-bond acceptors (Lipinski definition) is 5. The zero-order valence-corrected chi connectivity index (χ0v) is 26.4. The van der Waals surface area contributed by atoms with Gasteiger partial charge in [-0.05, 0) is 72.3 Å². The zero-order valence-electron chi connectivity index (χ0n) is 22.5. The van der Waals surface area contributed by atoms with Crippen LogP contribution in [0.2, 0.25) is 10.0 Å². The number of thioether (sulfide) groups is 1. The highest BCUT2D eigenvalue weighted by molar-refractivity contribution is 9.10. The van der Waals surface area contributed by atoms with Crippen molar-refractivity contribution in [1.82, 2.24) is 5.32 Å². The lowest BCUT2D eigenvalue weighted by Crippen LogP contribution is -2.31. The Kier molecular flexibility index (Phi) is 9.85. The number of anilines is 2. The second kappa shape index (κ2) is 13.8. The van der Waals surface area contributed by atoms with Crippen molar-refractivity contribution < 1.29 is 23.6 Å². The molecule has 1 heterocycles. The van der Waals surface area contributed by atoms with Gasteiger partial charge in [0.1, 0.15) is 11.5 Å². The number of imide groups is 1. The summed E-state index contributed by atoms with van der Waals surface area (Å²) in [5, 5.41) is 5.10.